The molecule has 1 N–H and O–H groups in total. The average molecular weight is 419 g/mol. The van der Waals surface area contributed by atoms with E-state index in [0.29, 0.717) is 32.0 Å². The van der Waals surface area contributed by atoms with Gasteiger partial charge in [-0.15, -0.1) is 0 Å². The molecule has 10 heteroatoms. The van der Waals surface area contributed by atoms with Crippen LogP contribution in [0.2, 0.25) is 5.02 Å². The summed E-state index contributed by atoms with van der Waals surface area (Å²) in [4.78, 5) is 14.2. The van der Waals surface area contributed by atoms with Crippen molar-refractivity contribution in [2.24, 2.45) is 0 Å². The van der Waals surface area contributed by atoms with Crippen molar-refractivity contribution in [2.45, 2.75) is 0 Å². The molecule has 28 heavy (non-hydrogen) atoms. The Morgan fingerprint density at radius 3 is 2.25 bits per heavy atom. The third kappa shape index (κ3) is 3.72. The second-order valence-electron chi connectivity index (χ2n) is 5.88. The Hall–Kier alpha value is -2.52. The molecule has 3 rings (SSSR count). The van der Waals surface area contributed by atoms with Gasteiger partial charge in [-0.1, -0.05) is 11.6 Å². The summed E-state index contributed by atoms with van der Waals surface area (Å²) in [6.45, 7) is 2.35. The van der Waals surface area contributed by atoms with E-state index >= 15 is 0 Å². The van der Waals surface area contributed by atoms with Gasteiger partial charge in [0, 0.05) is 18.8 Å². The fraction of sp³-hybridized carbons (Fsp3) is 0.278. The summed E-state index contributed by atoms with van der Waals surface area (Å²) in [6, 6.07) is 4.45. The van der Waals surface area contributed by atoms with Gasteiger partial charge in [-0.3, -0.25) is 4.79 Å². The average Bonchev–Trinajstić information content (AvgIpc) is 2.68. The Balaban J connectivity index is 1.87. The van der Waals surface area contributed by atoms with Crippen LogP contribution in [0.4, 0.5) is 28.9 Å². The highest BCUT2D eigenvalue weighted by Crippen LogP contribution is 2.32. The molecule has 0 saturated carbocycles. The molecule has 0 unspecified atom stereocenters. The van der Waals surface area contributed by atoms with Crippen LogP contribution in [0.15, 0.2) is 18.2 Å². The van der Waals surface area contributed by atoms with E-state index in [-0.39, 0.29) is 10.7 Å². The molecular formula is C18H15ClF4N2O3. The Morgan fingerprint density at radius 2 is 1.71 bits per heavy atom. The molecule has 150 valence electrons. The molecule has 1 heterocycles. The number of benzene rings is 2. The number of carbonyl (C=O) groups is 1. The van der Waals surface area contributed by atoms with E-state index in [1.165, 1.54) is 12.1 Å². The van der Waals surface area contributed by atoms with Crippen LogP contribution in [-0.4, -0.2) is 39.3 Å². The maximum atomic E-state index is 14.1. The van der Waals surface area contributed by atoms with Crippen LogP contribution in [0.1, 0.15) is 10.4 Å². The predicted molar refractivity (Wildman–Crippen MR) is 95.3 cm³/mol. The summed E-state index contributed by atoms with van der Waals surface area (Å²) in [5.74, 6) is -9.93. The molecular weight excluding hydrogens is 404 g/mol. The van der Waals surface area contributed by atoms with Crippen molar-refractivity contribution < 1.29 is 31.8 Å². The van der Waals surface area contributed by atoms with Gasteiger partial charge >= 0.3 is 0 Å². The monoisotopic (exact) mass is 418 g/mol. The lowest BCUT2D eigenvalue weighted by Crippen LogP contribution is -2.36. The van der Waals surface area contributed by atoms with Crippen LogP contribution in [-0.2, 0) is 4.74 Å². The summed E-state index contributed by atoms with van der Waals surface area (Å²) in [5, 5.41) is 2.47. The molecule has 0 radical (unpaired) electrons. The van der Waals surface area contributed by atoms with Crippen molar-refractivity contribution >= 4 is 28.9 Å². The third-order valence-corrected chi connectivity index (χ3v) is 4.51. The lowest BCUT2D eigenvalue weighted by atomic mass is 10.1. The number of hydrogen-bond donors (Lipinski definition) is 1. The fourth-order valence-electron chi connectivity index (χ4n) is 2.83. The standard InChI is InChI=1S/C18H15ClF4N2O3/c1-27-17-15(22)13(20)12(14(21)16(17)23)18(26)24-9-2-3-11(10(19)8-9)25-4-6-28-7-5-25/h2-3,8H,4-7H2,1H3,(H,24,26). The minimum atomic E-state index is -1.86. The second kappa shape index (κ2) is 8.24. The first-order valence-corrected chi connectivity index (χ1v) is 8.56. The van der Waals surface area contributed by atoms with Gasteiger partial charge in [0.05, 0.1) is 31.0 Å². The topological polar surface area (TPSA) is 50.8 Å². The number of hydrogen-bond acceptors (Lipinski definition) is 4. The minimum absolute atomic E-state index is 0.0995. The Labute approximate surface area is 162 Å². The van der Waals surface area contributed by atoms with Crippen LogP contribution in [0.25, 0.3) is 0 Å². The van der Waals surface area contributed by atoms with E-state index in [9.17, 15) is 22.4 Å². The van der Waals surface area contributed by atoms with E-state index < -0.39 is 40.5 Å². The first-order valence-electron chi connectivity index (χ1n) is 8.18. The highest BCUT2D eigenvalue weighted by molar-refractivity contribution is 6.33. The van der Waals surface area contributed by atoms with Crippen molar-refractivity contribution in [2.75, 3.05) is 43.6 Å². The van der Waals surface area contributed by atoms with Crippen molar-refractivity contribution in [1.29, 1.82) is 0 Å². The summed E-state index contributed by atoms with van der Waals surface area (Å²) >= 11 is 6.23. The molecule has 1 aliphatic heterocycles. The lowest BCUT2D eigenvalue weighted by Gasteiger charge is -2.29. The van der Waals surface area contributed by atoms with Crippen LogP contribution in [0.3, 0.4) is 0 Å². The van der Waals surface area contributed by atoms with Gasteiger partial charge in [0.15, 0.2) is 17.4 Å². The molecule has 0 spiro atoms. The van der Waals surface area contributed by atoms with Gasteiger partial charge in [-0.25, -0.2) is 8.78 Å². The summed E-state index contributed by atoms with van der Waals surface area (Å²) in [7, 11) is 0.845. The van der Waals surface area contributed by atoms with Crippen LogP contribution >= 0.6 is 11.6 Å². The third-order valence-electron chi connectivity index (χ3n) is 4.21. The molecule has 1 saturated heterocycles. The number of rotatable bonds is 4. The Morgan fingerprint density at radius 1 is 1.11 bits per heavy atom. The largest absolute Gasteiger partial charge is 0.491 e. The van der Waals surface area contributed by atoms with E-state index in [2.05, 4.69) is 10.1 Å². The van der Waals surface area contributed by atoms with Gasteiger partial charge in [0.2, 0.25) is 11.6 Å². The molecule has 1 amide bonds. The second-order valence-corrected chi connectivity index (χ2v) is 6.29. The summed E-state index contributed by atoms with van der Waals surface area (Å²) in [5.41, 5.74) is -0.603. The number of nitrogens with one attached hydrogen (secondary N) is 1. The molecule has 0 bridgehead atoms. The van der Waals surface area contributed by atoms with E-state index in [1.807, 2.05) is 4.90 Å². The zero-order valence-electron chi connectivity index (χ0n) is 14.6. The molecule has 0 aromatic heterocycles. The lowest BCUT2D eigenvalue weighted by molar-refractivity contribution is 0.101. The van der Waals surface area contributed by atoms with E-state index in [4.69, 9.17) is 16.3 Å². The molecule has 0 aliphatic carbocycles. The number of anilines is 2. The molecule has 1 aliphatic rings. The molecule has 1 fully saturated rings. The normalized spacial score (nSPS) is 14.1. The smallest absolute Gasteiger partial charge is 0.261 e. The molecule has 5 nitrogen and oxygen atoms in total. The van der Waals surface area contributed by atoms with E-state index in [1.54, 1.807) is 6.07 Å². The Kier molecular flexibility index (Phi) is 5.95. The number of nitrogens with zero attached hydrogens (tertiary/aromatic N) is 1. The summed E-state index contributed by atoms with van der Waals surface area (Å²) in [6.07, 6.45) is 0. The zero-order valence-corrected chi connectivity index (χ0v) is 15.4. The highest BCUT2D eigenvalue weighted by atomic mass is 35.5. The van der Waals surface area contributed by atoms with Gasteiger partial charge < -0.3 is 19.7 Å². The van der Waals surface area contributed by atoms with Gasteiger partial charge in [-0.2, -0.15) is 8.78 Å². The fourth-order valence-corrected chi connectivity index (χ4v) is 3.13. The maximum absolute atomic E-state index is 14.1. The highest BCUT2D eigenvalue weighted by Gasteiger charge is 2.30. The van der Waals surface area contributed by atoms with Gasteiger partial charge in [0.25, 0.3) is 5.91 Å². The minimum Gasteiger partial charge on any atom is -0.491 e. The van der Waals surface area contributed by atoms with Gasteiger partial charge in [0.1, 0.15) is 5.56 Å². The Bertz CT molecular complexity index is 891. The molecule has 2 aromatic carbocycles. The van der Waals surface area contributed by atoms with Crippen molar-refractivity contribution in [3.8, 4) is 5.75 Å². The number of morpholine rings is 1. The maximum Gasteiger partial charge on any atom is 0.261 e. The SMILES string of the molecule is COc1c(F)c(F)c(C(=O)Nc2ccc(N3CCOCC3)c(Cl)c2)c(F)c1F. The molecule has 0 atom stereocenters. The quantitative estimate of drug-likeness (QED) is 0.602. The number of methoxy groups -OCH3 is 1. The van der Waals surface area contributed by atoms with Crippen LogP contribution in [0, 0.1) is 23.3 Å². The summed E-state index contributed by atoms with van der Waals surface area (Å²) < 4.78 is 65.3. The molecule has 2 aromatic rings. The number of amides is 1. The first kappa shape index (κ1) is 20.2. The number of halogens is 5. The van der Waals surface area contributed by atoms with Crippen molar-refractivity contribution in [3.63, 3.8) is 0 Å². The van der Waals surface area contributed by atoms with Crippen LogP contribution < -0.4 is 15.0 Å². The van der Waals surface area contributed by atoms with E-state index in [0.717, 1.165) is 7.11 Å². The zero-order chi connectivity index (χ0) is 20.4. The predicted octanol–water partition coefficient (Wildman–Crippen LogP) is 3.99. The van der Waals surface area contributed by atoms with Gasteiger partial charge in [-0.05, 0) is 18.2 Å². The number of carbonyl (C=O) groups excluding carboxylic acids is 1. The first-order chi connectivity index (χ1) is 13.3. The van der Waals surface area contributed by atoms with Crippen LogP contribution in [0.5, 0.6) is 5.75 Å². The number of ether oxygens (including phenoxy) is 2. The van der Waals surface area contributed by atoms with Crippen molar-refractivity contribution in [3.05, 3.63) is 52.1 Å². The van der Waals surface area contributed by atoms with Crippen molar-refractivity contribution in [1.82, 2.24) is 0 Å².